The normalized spacial score (nSPS) is 10.5. The highest BCUT2D eigenvalue weighted by atomic mass is 16.3. The van der Waals surface area contributed by atoms with Crippen LogP contribution >= 0.6 is 0 Å². The van der Waals surface area contributed by atoms with Crippen molar-refractivity contribution >= 4 is 0 Å². The number of hydrogen-bond acceptors (Lipinski definition) is 5. The van der Waals surface area contributed by atoms with Gasteiger partial charge in [0.15, 0.2) is 0 Å². The SMILES string of the molecule is CC.CCC(CN)(CO)CO.CN(CCCO)Cc1ccccc1. The van der Waals surface area contributed by atoms with Crippen LogP contribution in [0.1, 0.15) is 39.2 Å². The smallest absolute Gasteiger partial charge is 0.0521 e. The fourth-order valence-corrected chi connectivity index (χ4v) is 1.86. The molecule has 5 nitrogen and oxygen atoms in total. The monoisotopic (exact) mass is 342 g/mol. The molecule has 0 fully saturated rings. The summed E-state index contributed by atoms with van der Waals surface area (Å²) in [5, 5.41) is 26.1. The largest absolute Gasteiger partial charge is 0.396 e. The van der Waals surface area contributed by atoms with Crippen LogP contribution in [0, 0.1) is 5.41 Å². The topological polar surface area (TPSA) is 90.0 Å². The van der Waals surface area contributed by atoms with E-state index in [1.165, 1.54) is 5.56 Å². The lowest BCUT2D eigenvalue weighted by molar-refractivity contribution is 0.0585. The molecule has 5 heteroatoms. The van der Waals surface area contributed by atoms with Crippen LogP contribution in [0.15, 0.2) is 30.3 Å². The predicted molar refractivity (Wildman–Crippen MR) is 102 cm³/mol. The lowest BCUT2D eigenvalue weighted by atomic mass is 9.87. The van der Waals surface area contributed by atoms with E-state index in [9.17, 15) is 0 Å². The molecular formula is C19H38N2O3. The fourth-order valence-electron chi connectivity index (χ4n) is 1.86. The Bertz CT molecular complexity index is 339. The zero-order valence-corrected chi connectivity index (χ0v) is 15.9. The fraction of sp³-hybridized carbons (Fsp3) is 0.684. The maximum Gasteiger partial charge on any atom is 0.0521 e. The second-order valence-corrected chi connectivity index (χ2v) is 5.67. The Morgan fingerprint density at radius 2 is 1.58 bits per heavy atom. The molecule has 0 aromatic heterocycles. The van der Waals surface area contributed by atoms with E-state index in [1.807, 2.05) is 26.8 Å². The van der Waals surface area contributed by atoms with Gasteiger partial charge in [0.1, 0.15) is 0 Å². The van der Waals surface area contributed by atoms with Gasteiger partial charge in [-0.2, -0.15) is 0 Å². The third kappa shape index (κ3) is 11.5. The molecule has 0 heterocycles. The van der Waals surface area contributed by atoms with E-state index in [2.05, 4.69) is 36.2 Å². The maximum absolute atomic E-state index is 8.74. The molecule has 5 N–H and O–H groups in total. The molecule has 0 amide bonds. The average molecular weight is 343 g/mol. The second kappa shape index (κ2) is 16.9. The zero-order chi connectivity index (χ0) is 18.8. The summed E-state index contributed by atoms with van der Waals surface area (Å²) in [5.41, 5.74) is 6.20. The Hall–Kier alpha value is -0.980. The van der Waals surface area contributed by atoms with Gasteiger partial charge >= 0.3 is 0 Å². The number of aliphatic hydroxyl groups excluding tert-OH is 3. The van der Waals surface area contributed by atoms with Crippen molar-refractivity contribution < 1.29 is 15.3 Å². The highest BCUT2D eigenvalue weighted by molar-refractivity contribution is 5.14. The molecule has 0 saturated carbocycles. The van der Waals surface area contributed by atoms with E-state index in [0.717, 1.165) is 25.9 Å². The van der Waals surface area contributed by atoms with Crippen molar-refractivity contribution in [3.63, 3.8) is 0 Å². The number of aliphatic hydroxyl groups is 3. The minimum Gasteiger partial charge on any atom is -0.396 e. The van der Waals surface area contributed by atoms with E-state index in [1.54, 1.807) is 0 Å². The third-order valence-corrected chi connectivity index (χ3v) is 3.85. The molecule has 142 valence electrons. The molecule has 0 radical (unpaired) electrons. The van der Waals surface area contributed by atoms with Gasteiger partial charge in [0.25, 0.3) is 0 Å². The average Bonchev–Trinajstić information content (AvgIpc) is 2.65. The van der Waals surface area contributed by atoms with Crippen LogP contribution in [-0.4, -0.2) is 60.2 Å². The molecule has 0 aliphatic rings. The minimum absolute atomic E-state index is 0.0312. The molecule has 1 rings (SSSR count). The molecule has 0 bridgehead atoms. The zero-order valence-electron chi connectivity index (χ0n) is 15.9. The van der Waals surface area contributed by atoms with E-state index in [0.29, 0.717) is 6.54 Å². The predicted octanol–water partition coefficient (Wildman–Crippen LogP) is 1.85. The summed E-state index contributed by atoms with van der Waals surface area (Å²) in [4.78, 5) is 2.21. The van der Waals surface area contributed by atoms with Crippen molar-refractivity contribution in [1.29, 1.82) is 0 Å². The number of nitrogens with zero attached hydrogens (tertiary/aromatic N) is 1. The van der Waals surface area contributed by atoms with Crippen molar-refractivity contribution in [3.05, 3.63) is 35.9 Å². The second-order valence-electron chi connectivity index (χ2n) is 5.67. The third-order valence-electron chi connectivity index (χ3n) is 3.85. The molecule has 0 saturated heterocycles. The van der Waals surface area contributed by atoms with Gasteiger partial charge in [-0.1, -0.05) is 51.1 Å². The highest BCUT2D eigenvalue weighted by Gasteiger charge is 2.23. The van der Waals surface area contributed by atoms with Gasteiger partial charge < -0.3 is 26.0 Å². The van der Waals surface area contributed by atoms with Crippen LogP contribution < -0.4 is 5.73 Å². The molecule has 0 spiro atoms. The van der Waals surface area contributed by atoms with Crippen LogP contribution in [0.4, 0.5) is 0 Å². The first-order valence-corrected chi connectivity index (χ1v) is 8.82. The first kappa shape index (κ1) is 25.3. The summed E-state index contributed by atoms with van der Waals surface area (Å²) in [6.07, 6.45) is 1.57. The van der Waals surface area contributed by atoms with E-state index in [4.69, 9.17) is 21.1 Å². The van der Waals surface area contributed by atoms with E-state index >= 15 is 0 Å². The highest BCUT2D eigenvalue weighted by Crippen LogP contribution is 2.17. The Labute approximate surface area is 148 Å². The van der Waals surface area contributed by atoms with Crippen molar-refractivity contribution in [2.75, 3.05) is 40.0 Å². The number of benzene rings is 1. The Morgan fingerprint density at radius 3 is 1.92 bits per heavy atom. The van der Waals surface area contributed by atoms with Crippen molar-refractivity contribution in [2.45, 2.75) is 40.2 Å². The van der Waals surface area contributed by atoms with Crippen molar-refractivity contribution in [2.24, 2.45) is 11.1 Å². The number of rotatable bonds is 9. The number of hydrogen-bond donors (Lipinski definition) is 4. The summed E-state index contributed by atoms with van der Waals surface area (Å²) in [7, 11) is 2.07. The molecule has 24 heavy (non-hydrogen) atoms. The lowest BCUT2D eigenvalue weighted by Gasteiger charge is -2.25. The van der Waals surface area contributed by atoms with Crippen molar-refractivity contribution in [3.8, 4) is 0 Å². The summed E-state index contributed by atoms with van der Waals surface area (Å²) in [6.45, 7) is 8.37. The summed E-state index contributed by atoms with van der Waals surface area (Å²) in [5.74, 6) is 0. The van der Waals surface area contributed by atoms with Gasteiger partial charge in [-0.25, -0.2) is 0 Å². The van der Waals surface area contributed by atoms with Gasteiger partial charge in [-0.15, -0.1) is 0 Å². The first-order valence-electron chi connectivity index (χ1n) is 8.82. The van der Waals surface area contributed by atoms with Crippen molar-refractivity contribution in [1.82, 2.24) is 4.90 Å². The van der Waals surface area contributed by atoms with Crippen LogP contribution in [0.3, 0.4) is 0 Å². The standard InChI is InChI=1S/C11H17NO.C6H15NO2.C2H6/c1-12(8-5-9-13)10-11-6-3-2-4-7-11;1-2-6(3-7,4-8)5-9;1-2/h2-4,6-7,13H,5,8-10H2,1H3;8-9H,2-5,7H2,1H3;1-2H3. The van der Waals surface area contributed by atoms with Crippen LogP contribution in [0.2, 0.25) is 0 Å². The molecule has 1 aromatic rings. The van der Waals surface area contributed by atoms with Crippen LogP contribution in [-0.2, 0) is 6.54 Å². The molecule has 0 atom stereocenters. The lowest BCUT2D eigenvalue weighted by Crippen LogP contribution is -2.37. The molecule has 0 unspecified atom stereocenters. The van der Waals surface area contributed by atoms with Gasteiger partial charge in [-0.05, 0) is 25.5 Å². The van der Waals surface area contributed by atoms with E-state index in [-0.39, 0.29) is 19.8 Å². The summed E-state index contributed by atoms with van der Waals surface area (Å²) in [6, 6.07) is 10.4. The Kier molecular flexibility index (Phi) is 17.8. The first-order chi connectivity index (χ1) is 11.6. The summed E-state index contributed by atoms with van der Waals surface area (Å²) >= 11 is 0. The maximum atomic E-state index is 8.74. The van der Waals surface area contributed by atoms with Gasteiger partial charge in [0.05, 0.1) is 13.2 Å². The van der Waals surface area contributed by atoms with Gasteiger partial charge in [-0.3, -0.25) is 0 Å². The quantitative estimate of drug-likeness (QED) is 0.550. The number of nitrogens with two attached hydrogens (primary N) is 1. The van der Waals surface area contributed by atoms with Crippen LogP contribution in [0.5, 0.6) is 0 Å². The Morgan fingerprint density at radius 1 is 1.04 bits per heavy atom. The summed E-state index contributed by atoms with van der Waals surface area (Å²) < 4.78 is 0. The van der Waals surface area contributed by atoms with Gasteiger partial charge in [0.2, 0.25) is 0 Å². The molecular weight excluding hydrogens is 304 g/mol. The van der Waals surface area contributed by atoms with E-state index < -0.39 is 5.41 Å². The molecule has 0 aliphatic carbocycles. The molecule has 1 aromatic carbocycles. The van der Waals surface area contributed by atoms with Gasteiger partial charge in [0, 0.05) is 31.7 Å². The molecule has 0 aliphatic heterocycles. The van der Waals surface area contributed by atoms with Crippen LogP contribution in [0.25, 0.3) is 0 Å². The Balaban J connectivity index is 0. The minimum atomic E-state index is -0.444.